The molecule has 20 heavy (non-hydrogen) atoms. The molecule has 3 rings (SSSR count). The highest BCUT2D eigenvalue weighted by Crippen LogP contribution is 2.36. The molecule has 1 N–H and O–H groups in total. The van der Waals surface area contributed by atoms with Gasteiger partial charge in [-0.05, 0) is 36.7 Å². The zero-order valence-electron chi connectivity index (χ0n) is 11.7. The van der Waals surface area contributed by atoms with Crippen LogP contribution in [-0.4, -0.2) is 13.7 Å². The number of halogens is 1. The topological polar surface area (TPSA) is 21.3 Å². The van der Waals surface area contributed by atoms with Gasteiger partial charge < -0.3 is 10.1 Å². The third-order valence-corrected chi connectivity index (χ3v) is 4.73. The molecule has 3 heteroatoms. The van der Waals surface area contributed by atoms with Gasteiger partial charge >= 0.3 is 0 Å². The van der Waals surface area contributed by atoms with E-state index in [9.17, 15) is 0 Å². The lowest BCUT2D eigenvalue weighted by atomic mass is 9.95. The van der Waals surface area contributed by atoms with Crippen LogP contribution in [0, 0.1) is 6.92 Å². The van der Waals surface area contributed by atoms with E-state index in [1.54, 1.807) is 0 Å². The van der Waals surface area contributed by atoms with Gasteiger partial charge in [-0.15, -0.1) is 0 Å². The lowest BCUT2D eigenvalue weighted by molar-refractivity contribution is 0.351. The van der Waals surface area contributed by atoms with Crippen LogP contribution in [-0.2, 0) is 6.42 Å². The molecule has 1 unspecified atom stereocenters. The molecule has 2 aromatic carbocycles. The van der Waals surface area contributed by atoms with Gasteiger partial charge in [-0.25, -0.2) is 0 Å². The molecule has 0 saturated carbocycles. The Morgan fingerprint density at radius 2 is 2.10 bits per heavy atom. The number of aryl methyl sites for hydroxylation is 1. The van der Waals surface area contributed by atoms with Crippen molar-refractivity contribution in [1.82, 2.24) is 5.32 Å². The summed E-state index contributed by atoms with van der Waals surface area (Å²) in [6.07, 6.45) is 1.01. The average molecular weight is 332 g/mol. The fourth-order valence-corrected chi connectivity index (χ4v) is 3.15. The zero-order valence-corrected chi connectivity index (χ0v) is 13.3. The molecule has 1 aliphatic rings. The normalized spacial score (nSPS) is 14.8. The molecule has 0 aromatic heterocycles. The van der Waals surface area contributed by atoms with Crippen LogP contribution >= 0.6 is 15.9 Å². The quantitative estimate of drug-likeness (QED) is 0.917. The number of ether oxygens (including phenoxy) is 1. The summed E-state index contributed by atoms with van der Waals surface area (Å²) in [6.45, 7) is 2.89. The molecular weight excluding hydrogens is 314 g/mol. The van der Waals surface area contributed by atoms with E-state index in [4.69, 9.17) is 4.74 Å². The minimum Gasteiger partial charge on any atom is -0.493 e. The number of nitrogens with one attached hydrogen (secondary N) is 1. The van der Waals surface area contributed by atoms with Crippen LogP contribution < -0.4 is 10.1 Å². The predicted molar refractivity (Wildman–Crippen MR) is 85.4 cm³/mol. The minimum absolute atomic E-state index is 0.153. The Hall–Kier alpha value is -1.32. The number of hydrogen-bond acceptors (Lipinski definition) is 2. The molecule has 0 bridgehead atoms. The first-order chi connectivity index (χ1) is 9.70. The largest absolute Gasteiger partial charge is 0.493 e. The lowest BCUT2D eigenvalue weighted by Gasteiger charge is -2.20. The number of rotatable bonds is 3. The minimum atomic E-state index is 0.153. The fourth-order valence-electron chi connectivity index (χ4n) is 2.76. The Morgan fingerprint density at radius 3 is 2.85 bits per heavy atom. The van der Waals surface area contributed by atoms with Crippen molar-refractivity contribution in [2.45, 2.75) is 19.4 Å². The molecule has 0 amide bonds. The van der Waals surface area contributed by atoms with E-state index in [-0.39, 0.29) is 6.04 Å². The first-order valence-electron chi connectivity index (χ1n) is 6.88. The number of fused-ring (bicyclic) bond motifs is 1. The summed E-state index contributed by atoms with van der Waals surface area (Å²) in [4.78, 5) is 0. The lowest BCUT2D eigenvalue weighted by Crippen LogP contribution is -2.18. The Labute approximate surface area is 128 Å². The molecule has 0 saturated heterocycles. The average Bonchev–Trinajstić information content (AvgIpc) is 2.93. The third kappa shape index (κ3) is 2.36. The van der Waals surface area contributed by atoms with Crippen molar-refractivity contribution in [3.63, 3.8) is 0 Å². The van der Waals surface area contributed by atoms with Crippen molar-refractivity contribution in [3.05, 3.63) is 63.1 Å². The molecule has 1 heterocycles. The van der Waals surface area contributed by atoms with Crippen LogP contribution in [0.2, 0.25) is 0 Å². The first kappa shape index (κ1) is 13.7. The van der Waals surface area contributed by atoms with Crippen molar-refractivity contribution < 1.29 is 4.74 Å². The highest BCUT2D eigenvalue weighted by Gasteiger charge is 2.22. The van der Waals surface area contributed by atoms with E-state index < -0.39 is 0 Å². The van der Waals surface area contributed by atoms with Crippen LogP contribution in [0.1, 0.15) is 28.3 Å². The van der Waals surface area contributed by atoms with E-state index in [0.29, 0.717) is 0 Å². The molecule has 0 fully saturated rings. The maximum absolute atomic E-state index is 5.84. The van der Waals surface area contributed by atoms with Crippen molar-refractivity contribution in [2.75, 3.05) is 13.7 Å². The molecule has 1 atom stereocenters. The van der Waals surface area contributed by atoms with Gasteiger partial charge in [0.05, 0.1) is 12.6 Å². The van der Waals surface area contributed by atoms with E-state index in [0.717, 1.165) is 23.2 Å². The SMILES string of the molecule is CNC(c1ccc(C)c(Br)c1)c1cccc2c1OCC2. The Kier molecular flexibility index (Phi) is 3.81. The summed E-state index contributed by atoms with van der Waals surface area (Å²) < 4.78 is 6.98. The molecule has 104 valence electrons. The number of hydrogen-bond donors (Lipinski definition) is 1. The standard InChI is InChI=1S/C17H18BrNO/c1-11-6-7-13(10-15(11)18)16(19-2)14-5-3-4-12-8-9-20-17(12)14/h3-7,10,16,19H,8-9H2,1-2H3. The maximum Gasteiger partial charge on any atom is 0.127 e. The second-order valence-electron chi connectivity index (χ2n) is 5.16. The first-order valence-corrected chi connectivity index (χ1v) is 7.68. The highest BCUT2D eigenvalue weighted by molar-refractivity contribution is 9.10. The van der Waals surface area contributed by atoms with Gasteiger partial charge in [0.15, 0.2) is 0 Å². The highest BCUT2D eigenvalue weighted by atomic mass is 79.9. The number of benzene rings is 2. The fraction of sp³-hybridized carbons (Fsp3) is 0.294. The van der Waals surface area contributed by atoms with Crippen LogP contribution in [0.4, 0.5) is 0 Å². The van der Waals surface area contributed by atoms with Gasteiger partial charge in [0.25, 0.3) is 0 Å². The van der Waals surface area contributed by atoms with Crippen LogP contribution in [0.15, 0.2) is 40.9 Å². The Bertz CT molecular complexity index is 639. The van der Waals surface area contributed by atoms with Gasteiger partial charge in [-0.3, -0.25) is 0 Å². The molecule has 0 spiro atoms. The van der Waals surface area contributed by atoms with Crippen LogP contribution in [0.25, 0.3) is 0 Å². The zero-order chi connectivity index (χ0) is 14.1. The summed E-state index contributed by atoms with van der Waals surface area (Å²) in [5.74, 6) is 1.06. The molecular formula is C17H18BrNO. The van der Waals surface area contributed by atoms with E-state index in [1.807, 2.05) is 7.05 Å². The molecule has 2 nitrogen and oxygen atoms in total. The van der Waals surface area contributed by atoms with E-state index >= 15 is 0 Å². The molecule has 0 aliphatic carbocycles. The van der Waals surface area contributed by atoms with E-state index in [2.05, 4.69) is 64.6 Å². The second kappa shape index (κ2) is 5.58. The van der Waals surface area contributed by atoms with Crippen molar-refractivity contribution in [2.24, 2.45) is 0 Å². The van der Waals surface area contributed by atoms with Gasteiger partial charge in [0, 0.05) is 16.5 Å². The van der Waals surface area contributed by atoms with E-state index in [1.165, 1.54) is 22.3 Å². The van der Waals surface area contributed by atoms with Gasteiger partial charge in [-0.2, -0.15) is 0 Å². The van der Waals surface area contributed by atoms with Crippen molar-refractivity contribution in [3.8, 4) is 5.75 Å². The second-order valence-corrected chi connectivity index (χ2v) is 6.02. The van der Waals surface area contributed by atoms with Crippen LogP contribution in [0.3, 0.4) is 0 Å². The predicted octanol–water partition coefficient (Wildman–Crippen LogP) is 4.00. The van der Waals surface area contributed by atoms with Crippen molar-refractivity contribution >= 4 is 15.9 Å². The Balaban J connectivity index is 2.06. The van der Waals surface area contributed by atoms with Gasteiger partial charge in [0.1, 0.15) is 5.75 Å². The summed E-state index contributed by atoms with van der Waals surface area (Å²) in [6, 6.07) is 13.1. The smallest absolute Gasteiger partial charge is 0.127 e. The summed E-state index contributed by atoms with van der Waals surface area (Å²) >= 11 is 3.62. The summed E-state index contributed by atoms with van der Waals surface area (Å²) in [5, 5.41) is 3.41. The maximum atomic E-state index is 5.84. The van der Waals surface area contributed by atoms with Crippen molar-refractivity contribution in [1.29, 1.82) is 0 Å². The van der Waals surface area contributed by atoms with Gasteiger partial charge in [-0.1, -0.05) is 46.3 Å². The molecule has 0 radical (unpaired) electrons. The van der Waals surface area contributed by atoms with Crippen LogP contribution in [0.5, 0.6) is 5.75 Å². The monoisotopic (exact) mass is 331 g/mol. The summed E-state index contributed by atoms with van der Waals surface area (Å²) in [5.41, 5.74) is 5.03. The molecule has 1 aliphatic heterocycles. The van der Waals surface area contributed by atoms with Gasteiger partial charge in [0.2, 0.25) is 0 Å². The summed E-state index contributed by atoms with van der Waals surface area (Å²) in [7, 11) is 1.99. The Morgan fingerprint density at radius 1 is 1.25 bits per heavy atom. The third-order valence-electron chi connectivity index (χ3n) is 3.87. The number of para-hydroxylation sites is 1. The molecule has 2 aromatic rings.